The Morgan fingerprint density at radius 2 is 2.07 bits per heavy atom. The molecule has 1 aromatic heterocycles. The number of carbonyl (C=O) groups is 1. The first-order valence-electron chi connectivity index (χ1n) is 9.27. The zero-order valence-corrected chi connectivity index (χ0v) is 16.2. The minimum Gasteiger partial charge on any atom is -0.494 e. The first kappa shape index (κ1) is 18.5. The Morgan fingerprint density at radius 3 is 2.82 bits per heavy atom. The van der Waals surface area contributed by atoms with Crippen molar-refractivity contribution in [3.8, 4) is 17.1 Å². The third-order valence-corrected chi connectivity index (χ3v) is 4.86. The van der Waals surface area contributed by atoms with Crippen molar-refractivity contribution in [1.29, 1.82) is 0 Å². The number of hydrogen-bond acceptors (Lipinski definition) is 5. The molecule has 1 aliphatic heterocycles. The van der Waals surface area contributed by atoms with Gasteiger partial charge in [-0.25, -0.2) is 0 Å². The third kappa shape index (κ3) is 3.87. The van der Waals surface area contributed by atoms with Crippen molar-refractivity contribution >= 4 is 23.2 Å². The number of benzene rings is 2. The summed E-state index contributed by atoms with van der Waals surface area (Å²) in [5.41, 5.74) is 1.62. The van der Waals surface area contributed by atoms with Crippen molar-refractivity contribution in [2.45, 2.75) is 25.7 Å². The Morgan fingerprint density at radius 1 is 1.25 bits per heavy atom. The van der Waals surface area contributed by atoms with Gasteiger partial charge in [0.15, 0.2) is 0 Å². The number of anilines is 1. The maximum atomic E-state index is 12.4. The van der Waals surface area contributed by atoms with Gasteiger partial charge in [0.25, 0.3) is 0 Å². The second kappa shape index (κ2) is 8.02. The Hall–Kier alpha value is -2.86. The van der Waals surface area contributed by atoms with Crippen LogP contribution in [0.1, 0.15) is 31.6 Å². The summed E-state index contributed by atoms with van der Waals surface area (Å²) in [6.45, 7) is 3.24. The standard InChI is InChI=1S/C21H20ClN3O3/c1-2-10-27-18-8-6-14(7-9-18)20-23-21(28-24-20)15-11-19(26)25(13-15)17-5-3-4-16(22)12-17/h3-9,12,15H,2,10-11,13H2,1H3. The van der Waals surface area contributed by atoms with Crippen LogP contribution in [0.5, 0.6) is 5.75 Å². The van der Waals surface area contributed by atoms with Gasteiger partial charge in [-0.3, -0.25) is 4.79 Å². The van der Waals surface area contributed by atoms with Crippen LogP contribution in [-0.2, 0) is 4.79 Å². The highest BCUT2D eigenvalue weighted by Crippen LogP contribution is 2.33. The summed E-state index contributed by atoms with van der Waals surface area (Å²) < 4.78 is 11.0. The third-order valence-electron chi connectivity index (χ3n) is 4.62. The molecule has 1 amide bonds. The van der Waals surface area contributed by atoms with E-state index >= 15 is 0 Å². The predicted molar refractivity (Wildman–Crippen MR) is 107 cm³/mol. The summed E-state index contributed by atoms with van der Waals surface area (Å²) in [6, 6.07) is 14.8. The van der Waals surface area contributed by atoms with E-state index < -0.39 is 0 Å². The predicted octanol–water partition coefficient (Wildman–Crippen LogP) is 4.70. The van der Waals surface area contributed by atoms with Gasteiger partial charge in [-0.05, 0) is 48.9 Å². The van der Waals surface area contributed by atoms with Gasteiger partial charge in [0.1, 0.15) is 5.75 Å². The van der Waals surface area contributed by atoms with E-state index in [9.17, 15) is 4.79 Å². The summed E-state index contributed by atoms with van der Waals surface area (Å²) >= 11 is 6.05. The van der Waals surface area contributed by atoms with Crippen molar-refractivity contribution in [3.05, 3.63) is 59.4 Å². The van der Waals surface area contributed by atoms with Gasteiger partial charge in [-0.15, -0.1) is 0 Å². The van der Waals surface area contributed by atoms with Gasteiger partial charge in [0.05, 0.1) is 12.5 Å². The maximum Gasteiger partial charge on any atom is 0.232 e. The molecule has 7 heteroatoms. The number of carbonyl (C=O) groups excluding carboxylic acids is 1. The molecule has 2 aromatic carbocycles. The second-order valence-corrected chi connectivity index (χ2v) is 7.15. The van der Waals surface area contributed by atoms with Gasteiger partial charge < -0.3 is 14.2 Å². The van der Waals surface area contributed by atoms with Gasteiger partial charge >= 0.3 is 0 Å². The monoisotopic (exact) mass is 397 g/mol. The second-order valence-electron chi connectivity index (χ2n) is 6.71. The zero-order valence-electron chi connectivity index (χ0n) is 15.5. The number of aromatic nitrogens is 2. The number of hydrogen-bond donors (Lipinski definition) is 0. The van der Waals surface area contributed by atoms with Crippen LogP contribution in [0.3, 0.4) is 0 Å². The molecule has 1 fully saturated rings. The molecule has 1 aliphatic rings. The van der Waals surface area contributed by atoms with Crippen molar-refractivity contribution in [2.75, 3.05) is 18.1 Å². The number of halogens is 1. The average Bonchev–Trinajstić information content (AvgIpc) is 3.34. The smallest absolute Gasteiger partial charge is 0.232 e. The number of ether oxygens (including phenoxy) is 1. The SMILES string of the molecule is CCCOc1ccc(-c2noc(C3CC(=O)N(c4cccc(Cl)c4)C3)n2)cc1. The van der Waals surface area contributed by atoms with Crippen molar-refractivity contribution in [2.24, 2.45) is 0 Å². The molecule has 1 saturated heterocycles. The fourth-order valence-electron chi connectivity index (χ4n) is 3.20. The summed E-state index contributed by atoms with van der Waals surface area (Å²) in [5, 5.41) is 4.68. The molecule has 0 N–H and O–H groups in total. The molecule has 1 atom stereocenters. The molecule has 1 unspecified atom stereocenters. The van der Waals surface area contributed by atoms with Gasteiger partial charge in [0, 0.05) is 29.2 Å². The topological polar surface area (TPSA) is 68.5 Å². The van der Waals surface area contributed by atoms with Gasteiger partial charge in [0.2, 0.25) is 17.6 Å². The molecule has 28 heavy (non-hydrogen) atoms. The Bertz CT molecular complexity index is 971. The lowest BCUT2D eigenvalue weighted by Gasteiger charge is -2.16. The summed E-state index contributed by atoms with van der Waals surface area (Å²) in [4.78, 5) is 18.7. The minimum absolute atomic E-state index is 0.0180. The summed E-state index contributed by atoms with van der Waals surface area (Å²) in [7, 11) is 0. The molecule has 0 radical (unpaired) electrons. The molecular weight excluding hydrogens is 378 g/mol. The van der Waals surface area contributed by atoms with E-state index in [1.807, 2.05) is 36.4 Å². The molecule has 144 valence electrons. The highest BCUT2D eigenvalue weighted by molar-refractivity contribution is 6.30. The van der Waals surface area contributed by atoms with E-state index in [4.69, 9.17) is 20.9 Å². The van der Waals surface area contributed by atoms with Crippen molar-refractivity contribution in [3.63, 3.8) is 0 Å². The largest absolute Gasteiger partial charge is 0.494 e. The number of rotatable bonds is 6. The molecular formula is C21H20ClN3O3. The van der Waals surface area contributed by atoms with Crippen LogP contribution < -0.4 is 9.64 Å². The van der Waals surface area contributed by atoms with E-state index in [1.54, 1.807) is 17.0 Å². The zero-order chi connectivity index (χ0) is 19.5. The Labute approximate surface area is 168 Å². The van der Waals surface area contributed by atoms with E-state index in [2.05, 4.69) is 17.1 Å². The summed E-state index contributed by atoms with van der Waals surface area (Å²) in [5.74, 6) is 1.67. The van der Waals surface area contributed by atoms with E-state index in [1.165, 1.54) is 0 Å². The molecule has 6 nitrogen and oxygen atoms in total. The normalized spacial score (nSPS) is 16.6. The van der Waals surface area contributed by atoms with Crippen LogP contribution >= 0.6 is 11.6 Å². The number of amides is 1. The highest BCUT2D eigenvalue weighted by Gasteiger charge is 2.35. The van der Waals surface area contributed by atoms with Gasteiger partial charge in [-0.2, -0.15) is 4.98 Å². The molecule has 0 spiro atoms. The first-order valence-corrected chi connectivity index (χ1v) is 9.64. The van der Waals surface area contributed by atoms with E-state index in [-0.39, 0.29) is 11.8 Å². The minimum atomic E-state index is -0.139. The van der Waals surface area contributed by atoms with E-state index in [0.717, 1.165) is 23.4 Å². The lowest BCUT2D eigenvalue weighted by Crippen LogP contribution is -2.24. The van der Waals surface area contributed by atoms with Crippen LogP contribution in [0, 0.1) is 0 Å². The van der Waals surface area contributed by atoms with Crippen LogP contribution in [0.4, 0.5) is 5.69 Å². The van der Waals surface area contributed by atoms with Crippen LogP contribution in [0.15, 0.2) is 53.1 Å². The molecule has 2 heterocycles. The molecule has 3 aromatic rings. The quantitative estimate of drug-likeness (QED) is 0.603. The first-order chi connectivity index (χ1) is 13.6. The van der Waals surface area contributed by atoms with Crippen molar-refractivity contribution in [1.82, 2.24) is 10.1 Å². The van der Waals surface area contributed by atoms with Crippen LogP contribution in [0.2, 0.25) is 5.02 Å². The average molecular weight is 398 g/mol. The molecule has 0 saturated carbocycles. The lowest BCUT2D eigenvalue weighted by molar-refractivity contribution is -0.117. The number of nitrogens with zero attached hydrogens (tertiary/aromatic N) is 3. The lowest BCUT2D eigenvalue weighted by atomic mass is 10.1. The Balaban J connectivity index is 1.48. The van der Waals surface area contributed by atoms with Crippen LogP contribution in [0.25, 0.3) is 11.4 Å². The molecule has 4 rings (SSSR count). The Kier molecular flexibility index (Phi) is 5.30. The van der Waals surface area contributed by atoms with Gasteiger partial charge in [-0.1, -0.05) is 29.7 Å². The fourth-order valence-corrected chi connectivity index (χ4v) is 3.39. The molecule has 0 bridgehead atoms. The van der Waals surface area contributed by atoms with E-state index in [0.29, 0.717) is 36.3 Å². The molecule has 0 aliphatic carbocycles. The highest BCUT2D eigenvalue weighted by atomic mass is 35.5. The van der Waals surface area contributed by atoms with Crippen LogP contribution in [-0.4, -0.2) is 29.2 Å². The summed E-state index contributed by atoms with van der Waals surface area (Å²) in [6.07, 6.45) is 1.29. The van der Waals surface area contributed by atoms with Crippen molar-refractivity contribution < 1.29 is 14.1 Å². The maximum absolute atomic E-state index is 12.4. The fraction of sp³-hybridized carbons (Fsp3) is 0.286.